The third-order valence-electron chi connectivity index (χ3n) is 4.80. The summed E-state index contributed by atoms with van der Waals surface area (Å²) in [7, 11) is 0. The van der Waals surface area contributed by atoms with Crippen LogP contribution >= 0.6 is 11.8 Å². The molecule has 8 nitrogen and oxygen atoms in total. The quantitative estimate of drug-likeness (QED) is 0.154. The van der Waals surface area contributed by atoms with Gasteiger partial charge in [-0.15, -0.1) is 11.8 Å². The summed E-state index contributed by atoms with van der Waals surface area (Å²) in [6, 6.07) is 14.7. The third-order valence-corrected chi connectivity index (χ3v) is 5.55. The number of benzene rings is 2. The first kappa shape index (κ1) is 26.2. The van der Waals surface area contributed by atoms with Crippen molar-refractivity contribution in [1.82, 2.24) is 5.48 Å². The second-order valence-electron chi connectivity index (χ2n) is 7.26. The van der Waals surface area contributed by atoms with Gasteiger partial charge in [0.2, 0.25) is 0 Å². The van der Waals surface area contributed by atoms with Crippen molar-refractivity contribution < 1.29 is 29.4 Å². The monoisotopic (exact) mass is 474 g/mol. The van der Waals surface area contributed by atoms with E-state index in [9.17, 15) is 9.59 Å². The molecule has 2 aromatic rings. The maximum Gasteiger partial charge on any atom is 0.412 e. The number of anilines is 1. The van der Waals surface area contributed by atoms with E-state index >= 15 is 0 Å². The average Bonchev–Trinajstić information content (AvgIpc) is 2.84. The van der Waals surface area contributed by atoms with Crippen LogP contribution in [-0.4, -0.2) is 41.8 Å². The Balaban J connectivity index is 2.13. The fourth-order valence-corrected chi connectivity index (χ4v) is 3.54. The van der Waals surface area contributed by atoms with Crippen LogP contribution < -0.4 is 15.5 Å². The lowest BCUT2D eigenvalue weighted by Gasteiger charge is -2.25. The number of carbonyl (C=O) groups excluding carboxylic acids is 2. The maximum absolute atomic E-state index is 12.7. The molecule has 4 N–H and O–H groups in total. The van der Waals surface area contributed by atoms with Gasteiger partial charge in [-0.25, -0.2) is 10.3 Å². The SMILES string of the molecule is CSc1ccc(NC(=O)O[C@H](c2cccc(OCCO)c2)[C@H](C)CC/C=C/C(=O)NO)cc1. The Kier molecular flexibility index (Phi) is 11.3. The molecule has 9 heteroatoms. The van der Waals surface area contributed by atoms with E-state index in [2.05, 4.69) is 5.32 Å². The van der Waals surface area contributed by atoms with Crippen LogP contribution in [0, 0.1) is 5.92 Å². The van der Waals surface area contributed by atoms with Gasteiger partial charge >= 0.3 is 6.09 Å². The molecular weight excluding hydrogens is 444 g/mol. The summed E-state index contributed by atoms with van der Waals surface area (Å²) in [6.45, 7) is 2.01. The molecule has 0 bridgehead atoms. The predicted octanol–water partition coefficient (Wildman–Crippen LogP) is 4.55. The molecule has 0 spiro atoms. The Morgan fingerprint density at radius 3 is 2.61 bits per heavy atom. The molecule has 0 aliphatic heterocycles. The van der Waals surface area contributed by atoms with E-state index in [4.69, 9.17) is 19.8 Å². The van der Waals surface area contributed by atoms with Crippen molar-refractivity contribution in [3.8, 4) is 5.75 Å². The number of hydrogen-bond acceptors (Lipinski definition) is 7. The van der Waals surface area contributed by atoms with E-state index in [-0.39, 0.29) is 19.1 Å². The number of amides is 2. The van der Waals surface area contributed by atoms with Crippen LogP contribution in [0.1, 0.15) is 31.4 Å². The highest BCUT2D eigenvalue weighted by Gasteiger charge is 2.24. The summed E-state index contributed by atoms with van der Waals surface area (Å²) in [5, 5.41) is 20.3. The molecule has 0 unspecified atom stereocenters. The van der Waals surface area contributed by atoms with E-state index in [1.165, 1.54) is 6.08 Å². The summed E-state index contributed by atoms with van der Waals surface area (Å²) in [5.41, 5.74) is 2.92. The first-order chi connectivity index (χ1) is 16.0. The molecule has 0 radical (unpaired) electrons. The molecule has 0 aliphatic rings. The van der Waals surface area contributed by atoms with E-state index < -0.39 is 18.1 Å². The first-order valence-corrected chi connectivity index (χ1v) is 11.7. The molecular formula is C24H30N2O6S. The summed E-state index contributed by atoms with van der Waals surface area (Å²) >= 11 is 1.61. The summed E-state index contributed by atoms with van der Waals surface area (Å²) in [6.07, 6.45) is 4.88. The minimum absolute atomic E-state index is 0.0930. The maximum atomic E-state index is 12.7. The highest BCUT2D eigenvalue weighted by atomic mass is 32.2. The van der Waals surface area contributed by atoms with Gasteiger partial charge in [0.05, 0.1) is 6.61 Å². The second-order valence-corrected chi connectivity index (χ2v) is 8.14. The van der Waals surface area contributed by atoms with Crippen molar-refractivity contribution in [2.75, 3.05) is 24.8 Å². The smallest absolute Gasteiger partial charge is 0.412 e. The molecule has 2 atom stereocenters. The Labute approximate surface area is 197 Å². The molecule has 0 heterocycles. The van der Waals surface area contributed by atoms with Gasteiger partial charge in [-0.2, -0.15) is 0 Å². The number of ether oxygens (including phenoxy) is 2. The highest BCUT2D eigenvalue weighted by Crippen LogP contribution is 2.32. The number of nitrogens with one attached hydrogen (secondary N) is 2. The number of aliphatic hydroxyl groups excluding tert-OH is 1. The van der Waals surface area contributed by atoms with Gasteiger partial charge < -0.3 is 14.6 Å². The number of hydroxylamine groups is 1. The summed E-state index contributed by atoms with van der Waals surface area (Å²) in [5.74, 6) is -0.129. The lowest BCUT2D eigenvalue weighted by molar-refractivity contribution is -0.124. The van der Waals surface area contributed by atoms with Gasteiger partial charge in [0, 0.05) is 16.7 Å². The lowest BCUT2D eigenvalue weighted by Crippen LogP contribution is -2.22. The molecule has 2 rings (SSSR count). The van der Waals surface area contributed by atoms with Gasteiger partial charge in [0.1, 0.15) is 18.5 Å². The minimum Gasteiger partial charge on any atom is -0.491 e. The normalized spacial score (nSPS) is 12.7. The van der Waals surface area contributed by atoms with Gasteiger partial charge in [-0.1, -0.05) is 25.1 Å². The van der Waals surface area contributed by atoms with Gasteiger partial charge in [0.15, 0.2) is 0 Å². The summed E-state index contributed by atoms with van der Waals surface area (Å²) < 4.78 is 11.3. The predicted molar refractivity (Wildman–Crippen MR) is 128 cm³/mol. The molecule has 0 fully saturated rings. The number of hydrogen-bond donors (Lipinski definition) is 4. The number of thioether (sulfide) groups is 1. The van der Waals surface area contributed by atoms with Gasteiger partial charge in [-0.05, 0) is 67.0 Å². The molecule has 2 aromatic carbocycles. The third kappa shape index (κ3) is 9.17. The zero-order chi connectivity index (χ0) is 24.1. The van der Waals surface area contributed by atoms with Crippen molar-refractivity contribution in [2.24, 2.45) is 5.92 Å². The van der Waals surface area contributed by atoms with Crippen LogP contribution in [0.2, 0.25) is 0 Å². The largest absolute Gasteiger partial charge is 0.491 e. The summed E-state index contributed by atoms with van der Waals surface area (Å²) in [4.78, 5) is 24.9. The van der Waals surface area contributed by atoms with Crippen molar-refractivity contribution >= 4 is 29.4 Å². The van der Waals surface area contributed by atoms with E-state index in [0.29, 0.717) is 24.3 Å². The molecule has 0 aromatic heterocycles. The highest BCUT2D eigenvalue weighted by molar-refractivity contribution is 7.98. The van der Waals surface area contributed by atoms with Gasteiger partial charge in [-0.3, -0.25) is 15.3 Å². The van der Waals surface area contributed by atoms with Crippen LogP contribution in [0.3, 0.4) is 0 Å². The van der Waals surface area contributed by atoms with Crippen molar-refractivity contribution in [2.45, 2.75) is 30.8 Å². The molecule has 33 heavy (non-hydrogen) atoms. The number of aliphatic hydroxyl groups is 1. The van der Waals surface area contributed by atoms with Crippen LogP contribution in [-0.2, 0) is 9.53 Å². The van der Waals surface area contributed by atoms with Crippen LogP contribution in [0.5, 0.6) is 5.75 Å². The molecule has 2 amide bonds. The van der Waals surface area contributed by atoms with Crippen LogP contribution in [0.4, 0.5) is 10.5 Å². The van der Waals surface area contributed by atoms with Crippen LogP contribution in [0.15, 0.2) is 65.6 Å². The number of allylic oxidation sites excluding steroid dienone is 1. The van der Waals surface area contributed by atoms with Crippen molar-refractivity contribution in [1.29, 1.82) is 0 Å². The zero-order valence-electron chi connectivity index (χ0n) is 18.7. The molecule has 0 aliphatic carbocycles. The number of carbonyl (C=O) groups is 2. The molecule has 0 saturated carbocycles. The molecule has 178 valence electrons. The fraction of sp³-hybridized carbons (Fsp3) is 0.333. The van der Waals surface area contributed by atoms with E-state index in [1.807, 2.05) is 43.5 Å². The minimum atomic E-state index is -0.601. The van der Waals surface area contributed by atoms with Crippen molar-refractivity contribution in [3.05, 3.63) is 66.2 Å². The average molecular weight is 475 g/mol. The van der Waals surface area contributed by atoms with E-state index in [0.717, 1.165) is 10.5 Å². The Morgan fingerprint density at radius 2 is 1.94 bits per heavy atom. The lowest BCUT2D eigenvalue weighted by atomic mass is 9.93. The standard InChI is InChI=1S/C24H30N2O6S/c1-17(6-3-4-9-22(28)26-30)23(18-7-5-8-20(16-18)31-15-14-27)32-24(29)25-19-10-12-21(33-2)13-11-19/h4-5,7-13,16-17,23,27,30H,3,6,14-15H2,1-2H3,(H,25,29)(H,26,28)/b9-4+/t17-,23+/m1/s1. The van der Waals surface area contributed by atoms with Gasteiger partial charge in [0.25, 0.3) is 5.91 Å². The van der Waals surface area contributed by atoms with E-state index in [1.54, 1.807) is 41.5 Å². The topological polar surface area (TPSA) is 117 Å². The Morgan fingerprint density at radius 1 is 1.18 bits per heavy atom. The molecule has 0 saturated heterocycles. The van der Waals surface area contributed by atoms with Crippen molar-refractivity contribution in [3.63, 3.8) is 0 Å². The Bertz CT molecular complexity index is 919. The fourth-order valence-electron chi connectivity index (χ4n) is 3.13. The number of rotatable bonds is 12. The van der Waals surface area contributed by atoms with Crippen LogP contribution in [0.25, 0.3) is 0 Å². The first-order valence-electron chi connectivity index (χ1n) is 10.5. The zero-order valence-corrected chi connectivity index (χ0v) is 19.5. The second kappa shape index (κ2) is 14.2. The Hall–Kier alpha value is -3.01.